The van der Waals surface area contributed by atoms with Crippen molar-refractivity contribution in [3.05, 3.63) is 60.8 Å². The summed E-state index contributed by atoms with van der Waals surface area (Å²) in [7, 11) is 0. The van der Waals surface area contributed by atoms with Crippen LogP contribution in [0.15, 0.2) is 60.8 Å². The van der Waals surface area contributed by atoms with Crippen molar-refractivity contribution in [3.63, 3.8) is 0 Å². The second kappa shape index (κ2) is 23.3. The number of ether oxygens (including phenoxy) is 7. The molecule has 3 atom stereocenters. The van der Waals surface area contributed by atoms with Gasteiger partial charge in [-0.3, -0.25) is 0 Å². The maximum Gasteiger partial charge on any atom is 0.333 e. The molecule has 0 saturated heterocycles. The molecule has 0 aliphatic carbocycles. The molecule has 47 heavy (non-hydrogen) atoms. The maximum absolute atomic E-state index is 11.6. The summed E-state index contributed by atoms with van der Waals surface area (Å²) >= 11 is 0. The number of carbonyl (C=O) groups excluding carboxylic acids is 5. The Hall–Kier alpha value is -4.03. The van der Waals surface area contributed by atoms with Crippen LogP contribution in [-0.4, -0.2) is 87.8 Å². The molecule has 0 saturated carbocycles. The maximum atomic E-state index is 11.6. The van der Waals surface area contributed by atoms with Crippen molar-refractivity contribution in [3.8, 4) is 0 Å². The SMILES string of the molecule is C=C(C)C(=O)OCC(C)OCC(C)OCC(C)OC(=O)C(=C)C.C=C(C)C(=O)OCC(CC)(COC(=O)C(=C)C)COC(=O)C(=C)C. The van der Waals surface area contributed by atoms with Crippen LogP contribution in [-0.2, 0) is 57.1 Å². The van der Waals surface area contributed by atoms with Gasteiger partial charge in [0.15, 0.2) is 0 Å². The normalized spacial score (nSPS) is 12.4. The number of carbonyl (C=O) groups is 5. The first-order chi connectivity index (χ1) is 21.7. The first-order valence-corrected chi connectivity index (χ1v) is 15.1. The van der Waals surface area contributed by atoms with Gasteiger partial charge in [0, 0.05) is 27.9 Å². The van der Waals surface area contributed by atoms with Gasteiger partial charge in [-0.2, -0.15) is 0 Å². The second-order valence-electron chi connectivity index (χ2n) is 11.6. The summed E-state index contributed by atoms with van der Waals surface area (Å²) in [6.45, 7) is 33.0. The van der Waals surface area contributed by atoms with Crippen LogP contribution < -0.4 is 0 Å². The van der Waals surface area contributed by atoms with Crippen LogP contribution in [0.25, 0.3) is 0 Å². The Balaban J connectivity index is 0. The molecule has 0 rings (SSSR count). The summed E-state index contributed by atoms with van der Waals surface area (Å²) in [5, 5.41) is 0. The summed E-state index contributed by atoms with van der Waals surface area (Å²) in [6.07, 6.45) is -0.345. The van der Waals surface area contributed by atoms with E-state index < -0.39 is 35.3 Å². The molecule has 0 N–H and O–H groups in total. The molecular weight excluding hydrogens is 612 g/mol. The third-order valence-corrected chi connectivity index (χ3v) is 6.01. The van der Waals surface area contributed by atoms with Crippen molar-refractivity contribution in [2.75, 3.05) is 39.6 Å². The van der Waals surface area contributed by atoms with Gasteiger partial charge < -0.3 is 33.2 Å². The minimum Gasteiger partial charge on any atom is -0.461 e. The lowest BCUT2D eigenvalue weighted by Gasteiger charge is -2.31. The molecule has 0 aromatic heterocycles. The van der Waals surface area contributed by atoms with E-state index >= 15 is 0 Å². The highest BCUT2D eigenvalue weighted by atomic mass is 16.6. The van der Waals surface area contributed by atoms with Crippen molar-refractivity contribution < 1.29 is 57.1 Å². The summed E-state index contributed by atoms with van der Waals surface area (Å²) in [4.78, 5) is 57.5. The third-order valence-electron chi connectivity index (χ3n) is 6.01. The molecule has 0 heterocycles. The quantitative estimate of drug-likeness (QED) is 0.0904. The van der Waals surface area contributed by atoms with Gasteiger partial charge in [0.25, 0.3) is 0 Å². The Morgan fingerprint density at radius 1 is 0.489 bits per heavy atom. The summed E-state index contributed by atoms with van der Waals surface area (Å²) in [5.74, 6) is -2.56. The predicted molar refractivity (Wildman–Crippen MR) is 177 cm³/mol. The van der Waals surface area contributed by atoms with Crippen LogP contribution in [0.1, 0.15) is 68.7 Å². The zero-order chi connectivity index (χ0) is 36.9. The van der Waals surface area contributed by atoms with Gasteiger partial charge in [0.1, 0.15) is 32.5 Å². The molecule has 0 aliphatic rings. The largest absolute Gasteiger partial charge is 0.461 e. The first kappa shape index (κ1) is 45.1. The van der Waals surface area contributed by atoms with Gasteiger partial charge in [-0.25, -0.2) is 24.0 Å². The van der Waals surface area contributed by atoms with Crippen molar-refractivity contribution in [1.29, 1.82) is 0 Å². The van der Waals surface area contributed by atoms with E-state index in [9.17, 15) is 24.0 Å². The molecule has 3 unspecified atom stereocenters. The highest BCUT2D eigenvalue weighted by Gasteiger charge is 2.34. The Labute approximate surface area is 279 Å². The average molecular weight is 667 g/mol. The van der Waals surface area contributed by atoms with E-state index in [2.05, 4.69) is 32.9 Å². The highest BCUT2D eigenvalue weighted by molar-refractivity contribution is 5.88. The zero-order valence-corrected chi connectivity index (χ0v) is 29.6. The molecule has 0 amide bonds. The summed E-state index contributed by atoms with van der Waals surface area (Å²) < 4.78 is 36.7. The van der Waals surface area contributed by atoms with Crippen LogP contribution in [0.2, 0.25) is 0 Å². The second-order valence-corrected chi connectivity index (χ2v) is 11.6. The van der Waals surface area contributed by atoms with Crippen molar-refractivity contribution >= 4 is 29.8 Å². The smallest absolute Gasteiger partial charge is 0.333 e. The van der Waals surface area contributed by atoms with Gasteiger partial charge in [-0.1, -0.05) is 39.8 Å². The van der Waals surface area contributed by atoms with Crippen molar-refractivity contribution in [1.82, 2.24) is 0 Å². The predicted octanol–water partition coefficient (Wildman–Crippen LogP) is 5.16. The number of hydrogen-bond acceptors (Lipinski definition) is 12. The lowest BCUT2D eigenvalue weighted by Crippen LogP contribution is -2.39. The van der Waals surface area contributed by atoms with Crippen LogP contribution in [0.5, 0.6) is 0 Å². The molecule has 0 radical (unpaired) electrons. The Morgan fingerprint density at radius 3 is 1.11 bits per heavy atom. The van der Waals surface area contributed by atoms with E-state index in [1.54, 1.807) is 27.7 Å². The molecule has 0 spiro atoms. The Bertz CT molecular complexity index is 1080. The van der Waals surface area contributed by atoms with E-state index in [0.29, 0.717) is 24.2 Å². The Kier molecular flexibility index (Phi) is 22.4. The van der Waals surface area contributed by atoms with E-state index in [1.165, 1.54) is 20.8 Å². The van der Waals surface area contributed by atoms with Gasteiger partial charge in [0.05, 0.1) is 30.8 Å². The van der Waals surface area contributed by atoms with Crippen LogP contribution in [0.4, 0.5) is 0 Å². The molecule has 12 nitrogen and oxygen atoms in total. The molecule has 0 aliphatic heterocycles. The van der Waals surface area contributed by atoms with Crippen LogP contribution in [0, 0.1) is 5.41 Å². The number of hydrogen-bond donors (Lipinski definition) is 0. The molecule has 12 heteroatoms. The fourth-order valence-electron chi connectivity index (χ4n) is 2.79. The van der Waals surface area contributed by atoms with Crippen molar-refractivity contribution in [2.24, 2.45) is 5.41 Å². The summed E-state index contributed by atoms with van der Waals surface area (Å²) in [5.41, 5.74) is 0.591. The van der Waals surface area contributed by atoms with Gasteiger partial charge >= 0.3 is 29.8 Å². The third kappa shape index (κ3) is 21.4. The van der Waals surface area contributed by atoms with Gasteiger partial charge in [-0.05, 0) is 61.8 Å². The zero-order valence-electron chi connectivity index (χ0n) is 29.6. The summed E-state index contributed by atoms with van der Waals surface area (Å²) in [6, 6.07) is 0. The monoisotopic (exact) mass is 666 g/mol. The minimum atomic E-state index is -0.860. The molecule has 0 bridgehead atoms. The first-order valence-electron chi connectivity index (χ1n) is 15.1. The van der Waals surface area contributed by atoms with E-state index in [4.69, 9.17) is 33.2 Å². The standard InChI is InChI=1S/C18H26O6.C17H28O6/c1-8-18(9-22-15(19)12(2)3,10-23-16(20)13(4)5)11-24-17(21)14(6)7;1-11(2)16(18)22-9-14(6)20-8-13(5)21-10-15(7)23-17(19)12(3)4/h2,4,6,8-11H2,1,3,5,7H3;13-15H,1,3,8-10H2,2,4-7H3. The molecule has 0 aromatic rings. The number of esters is 5. The minimum absolute atomic E-state index is 0.0812. The fourth-order valence-corrected chi connectivity index (χ4v) is 2.79. The van der Waals surface area contributed by atoms with Crippen LogP contribution in [0.3, 0.4) is 0 Å². The lowest BCUT2D eigenvalue weighted by atomic mass is 9.88. The number of rotatable bonds is 21. The molecule has 266 valence electrons. The van der Waals surface area contributed by atoms with Crippen LogP contribution >= 0.6 is 0 Å². The van der Waals surface area contributed by atoms with Crippen molar-refractivity contribution in [2.45, 2.75) is 87.0 Å². The van der Waals surface area contributed by atoms with E-state index in [-0.39, 0.29) is 68.1 Å². The van der Waals surface area contributed by atoms with Gasteiger partial charge in [0.2, 0.25) is 0 Å². The molecule has 0 fully saturated rings. The highest BCUT2D eigenvalue weighted by Crippen LogP contribution is 2.25. The average Bonchev–Trinajstić information content (AvgIpc) is 3.00. The van der Waals surface area contributed by atoms with Gasteiger partial charge in [-0.15, -0.1) is 0 Å². The topological polar surface area (TPSA) is 150 Å². The Morgan fingerprint density at radius 2 is 0.787 bits per heavy atom. The molecular formula is C35H54O12. The lowest BCUT2D eigenvalue weighted by molar-refractivity contribution is -0.157. The van der Waals surface area contributed by atoms with E-state index in [0.717, 1.165) is 0 Å². The molecule has 0 aromatic carbocycles. The van der Waals surface area contributed by atoms with E-state index in [1.807, 2.05) is 13.8 Å². The fraction of sp³-hybridized carbons (Fsp3) is 0.571.